The van der Waals surface area contributed by atoms with Crippen molar-refractivity contribution in [2.75, 3.05) is 6.61 Å². The molecule has 0 atom stereocenters. The van der Waals surface area contributed by atoms with Gasteiger partial charge < -0.3 is 4.74 Å². The Labute approximate surface area is 102 Å². The first kappa shape index (κ1) is 11.2. The van der Waals surface area contributed by atoms with E-state index in [1.54, 1.807) is 19.2 Å². The third-order valence-electron chi connectivity index (χ3n) is 2.03. The summed E-state index contributed by atoms with van der Waals surface area (Å²) in [6.07, 6.45) is 2.99. The van der Waals surface area contributed by atoms with Gasteiger partial charge in [-0.1, -0.05) is 23.2 Å². The summed E-state index contributed by atoms with van der Waals surface area (Å²) >= 11 is 11.8. The minimum absolute atomic E-state index is 0.307. The molecule has 0 saturated heterocycles. The molecular formula is C10H8Cl2N2O2. The molecule has 84 valence electrons. The molecule has 0 aliphatic rings. The van der Waals surface area contributed by atoms with Crippen LogP contribution in [0.15, 0.2) is 18.5 Å². The van der Waals surface area contributed by atoms with E-state index in [9.17, 15) is 4.79 Å². The first-order chi connectivity index (χ1) is 7.63. The molecule has 2 aromatic rings. The second-order valence-electron chi connectivity index (χ2n) is 3.08. The fourth-order valence-corrected chi connectivity index (χ4v) is 1.96. The SMILES string of the molecule is CCOC(=O)c1cnn2cc(Cl)cc(Cl)c12. The molecule has 4 nitrogen and oxygen atoms in total. The quantitative estimate of drug-likeness (QED) is 0.779. The lowest BCUT2D eigenvalue weighted by Crippen LogP contribution is -2.04. The lowest BCUT2D eigenvalue weighted by molar-refractivity contribution is 0.0528. The van der Waals surface area contributed by atoms with E-state index in [1.807, 2.05) is 0 Å². The molecule has 16 heavy (non-hydrogen) atoms. The average molecular weight is 259 g/mol. The minimum atomic E-state index is -0.443. The fraction of sp³-hybridized carbons (Fsp3) is 0.200. The number of nitrogens with zero attached hydrogens (tertiary/aromatic N) is 2. The molecule has 2 aromatic heterocycles. The maximum atomic E-state index is 11.6. The number of hydrogen-bond donors (Lipinski definition) is 0. The molecule has 0 unspecified atom stereocenters. The molecule has 0 spiro atoms. The largest absolute Gasteiger partial charge is 0.462 e. The summed E-state index contributed by atoms with van der Waals surface area (Å²) in [7, 11) is 0. The summed E-state index contributed by atoms with van der Waals surface area (Å²) in [5.41, 5.74) is 0.841. The van der Waals surface area contributed by atoms with Crippen LogP contribution in [-0.2, 0) is 4.74 Å². The zero-order chi connectivity index (χ0) is 11.7. The van der Waals surface area contributed by atoms with E-state index in [1.165, 1.54) is 10.7 Å². The lowest BCUT2D eigenvalue weighted by atomic mass is 10.2. The number of carbonyl (C=O) groups excluding carboxylic acids is 1. The average Bonchev–Trinajstić information content (AvgIpc) is 2.61. The molecule has 0 radical (unpaired) electrons. The molecule has 0 saturated carbocycles. The Balaban J connectivity index is 2.60. The molecule has 0 bridgehead atoms. The molecule has 0 aliphatic carbocycles. The normalized spacial score (nSPS) is 10.7. The van der Waals surface area contributed by atoms with Crippen molar-refractivity contribution in [1.82, 2.24) is 9.61 Å². The van der Waals surface area contributed by atoms with Crippen LogP contribution in [0.2, 0.25) is 10.0 Å². The number of carbonyl (C=O) groups is 1. The van der Waals surface area contributed by atoms with Crippen LogP contribution in [0.4, 0.5) is 0 Å². The molecule has 6 heteroatoms. The van der Waals surface area contributed by atoms with Gasteiger partial charge in [0.05, 0.1) is 28.4 Å². The second-order valence-corrected chi connectivity index (χ2v) is 3.92. The van der Waals surface area contributed by atoms with Crippen LogP contribution in [0.3, 0.4) is 0 Å². The van der Waals surface area contributed by atoms with Gasteiger partial charge in [0.1, 0.15) is 5.56 Å². The van der Waals surface area contributed by atoms with E-state index in [-0.39, 0.29) is 0 Å². The Hall–Kier alpha value is -1.26. The van der Waals surface area contributed by atoms with E-state index in [4.69, 9.17) is 27.9 Å². The number of fused-ring (bicyclic) bond motifs is 1. The Kier molecular flexibility index (Phi) is 3.03. The van der Waals surface area contributed by atoms with Gasteiger partial charge in [-0.2, -0.15) is 5.10 Å². The van der Waals surface area contributed by atoms with Gasteiger partial charge >= 0.3 is 5.97 Å². The van der Waals surface area contributed by atoms with Gasteiger partial charge in [-0.15, -0.1) is 0 Å². The van der Waals surface area contributed by atoms with Crippen LogP contribution >= 0.6 is 23.2 Å². The highest BCUT2D eigenvalue weighted by molar-refractivity contribution is 6.37. The molecular weight excluding hydrogens is 251 g/mol. The summed E-state index contributed by atoms with van der Waals surface area (Å²) in [6, 6.07) is 1.56. The Bertz CT molecular complexity index is 551. The number of halogens is 2. The van der Waals surface area contributed by atoms with Crippen LogP contribution in [0.25, 0.3) is 5.52 Å². The predicted molar refractivity (Wildman–Crippen MR) is 61.2 cm³/mol. The van der Waals surface area contributed by atoms with Crippen LogP contribution in [0, 0.1) is 0 Å². The van der Waals surface area contributed by atoms with Gasteiger partial charge in [-0.3, -0.25) is 0 Å². The highest BCUT2D eigenvalue weighted by atomic mass is 35.5. The number of pyridine rings is 1. The van der Waals surface area contributed by atoms with Crippen molar-refractivity contribution in [2.45, 2.75) is 6.92 Å². The number of esters is 1. The van der Waals surface area contributed by atoms with E-state index in [0.717, 1.165) is 0 Å². The van der Waals surface area contributed by atoms with Gasteiger partial charge in [0.2, 0.25) is 0 Å². The van der Waals surface area contributed by atoms with E-state index in [0.29, 0.717) is 27.7 Å². The smallest absolute Gasteiger partial charge is 0.342 e. The van der Waals surface area contributed by atoms with Crippen LogP contribution in [0.1, 0.15) is 17.3 Å². The fourth-order valence-electron chi connectivity index (χ4n) is 1.40. The Morgan fingerprint density at radius 3 is 3.00 bits per heavy atom. The first-order valence-corrected chi connectivity index (χ1v) is 5.38. The third kappa shape index (κ3) is 1.86. The Morgan fingerprint density at radius 2 is 2.31 bits per heavy atom. The molecule has 0 aromatic carbocycles. The number of hydrogen-bond acceptors (Lipinski definition) is 3. The molecule has 0 aliphatic heterocycles. The zero-order valence-corrected chi connectivity index (χ0v) is 9.92. The Morgan fingerprint density at radius 1 is 1.56 bits per heavy atom. The molecule has 2 heterocycles. The summed E-state index contributed by atoms with van der Waals surface area (Å²) in [5, 5.41) is 4.81. The van der Waals surface area contributed by atoms with Gasteiger partial charge in [-0.25, -0.2) is 9.31 Å². The van der Waals surface area contributed by atoms with Crippen molar-refractivity contribution in [2.24, 2.45) is 0 Å². The molecule has 2 rings (SSSR count). The van der Waals surface area contributed by atoms with E-state index < -0.39 is 5.97 Å². The highest BCUT2D eigenvalue weighted by Gasteiger charge is 2.16. The molecule has 0 fully saturated rings. The predicted octanol–water partition coefficient (Wildman–Crippen LogP) is 2.82. The summed E-state index contributed by atoms with van der Waals surface area (Å²) in [5.74, 6) is -0.443. The first-order valence-electron chi connectivity index (χ1n) is 4.63. The van der Waals surface area contributed by atoms with Crippen LogP contribution in [-0.4, -0.2) is 22.2 Å². The van der Waals surface area contributed by atoms with Gasteiger partial charge in [-0.05, 0) is 13.0 Å². The number of rotatable bonds is 2. The minimum Gasteiger partial charge on any atom is -0.462 e. The molecule has 0 amide bonds. The third-order valence-corrected chi connectivity index (χ3v) is 2.52. The van der Waals surface area contributed by atoms with Crippen molar-refractivity contribution in [1.29, 1.82) is 0 Å². The van der Waals surface area contributed by atoms with Crippen LogP contribution < -0.4 is 0 Å². The number of aromatic nitrogens is 2. The van der Waals surface area contributed by atoms with Gasteiger partial charge in [0, 0.05) is 6.20 Å². The number of ether oxygens (including phenoxy) is 1. The van der Waals surface area contributed by atoms with Crippen LogP contribution in [0.5, 0.6) is 0 Å². The van der Waals surface area contributed by atoms with Gasteiger partial charge in [0.15, 0.2) is 0 Å². The molecule has 0 N–H and O–H groups in total. The van der Waals surface area contributed by atoms with E-state index >= 15 is 0 Å². The summed E-state index contributed by atoms with van der Waals surface area (Å²) < 4.78 is 6.35. The maximum absolute atomic E-state index is 11.6. The highest BCUT2D eigenvalue weighted by Crippen LogP contribution is 2.25. The monoisotopic (exact) mass is 258 g/mol. The van der Waals surface area contributed by atoms with Crippen molar-refractivity contribution in [3.63, 3.8) is 0 Å². The van der Waals surface area contributed by atoms with Gasteiger partial charge in [0.25, 0.3) is 0 Å². The second kappa shape index (κ2) is 4.31. The topological polar surface area (TPSA) is 43.6 Å². The van der Waals surface area contributed by atoms with Crippen molar-refractivity contribution in [3.05, 3.63) is 34.1 Å². The van der Waals surface area contributed by atoms with Crippen molar-refractivity contribution < 1.29 is 9.53 Å². The standard InChI is InChI=1S/C10H8Cl2N2O2/c1-2-16-10(15)7-4-13-14-5-6(11)3-8(12)9(7)14/h3-5H,2H2,1H3. The van der Waals surface area contributed by atoms with Crippen molar-refractivity contribution in [3.8, 4) is 0 Å². The summed E-state index contributed by atoms with van der Waals surface area (Å²) in [4.78, 5) is 11.6. The zero-order valence-electron chi connectivity index (χ0n) is 8.41. The maximum Gasteiger partial charge on any atom is 0.342 e. The summed E-state index contributed by atoms with van der Waals surface area (Å²) in [6.45, 7) is 2.05. The van der Waals surface area contributed by atoms with E-state index in [2.05, 4.69) is 5.10 Å². The van der Waals surface area contributed by atoms with Crippen molar-refractivity contribution >= 4 is 34.7 Å². The lowest BCUT2D eigenvalue weighted by Gasteiger charge is -2.01.